The number of hydrogen-bond acceptors (Lipinski definition) is 4. The van der Waals surface area contributed by atoms with Gasteiger partial charge in [0, 0.05) is 27.3 Å². The van der Waals surface area contributed by atoms with Gasteiger partial charge in [-0.25, -0.2) is 4.79 Å². The molecule has 7 heteroatoms. The SMILES string of the molecule is CCCCCCCCCCCCCCNC(=O)NCCP(=O)(OC)OC. The van der Waals surface area contributed by atoms with E-state index in [-0.39, 0.29) is 18.7 Å². The monoisotopic (exact) mass is 392 g/mol. The second-order valence-electron chi connectivity index (χ2n) is 6.77. The number of nitrogens with one attached hydrogen (secondary N) is 2. The fourth-order valence-electron chi connectivity index (χ4n) is 2.79. The molecular weight excluding hydrogens is 351 g/mol. The number of carbonyl (C=O) groups excluding carboxylic acids is 1. The molecule has 0 aliphatic carbocycles. The number of carbonyl (C=O) groups is 1. The topological polar surface area (TPSA) is 76.7 Å². The van der Waals surface area contributed by atoms with Gasteiger partial charge in [0.05, 0.1) is 6.16 Å². The van der Waals surface area contributed by atoms with Gasteiger partial charge in [0.15, 0.2) is 0 Å². The largest absolute Gasteiger partial charge is 0.338 e. The molecule has 0 aromatic rings. The molecule has 0 fully saturated rings. The zero-order valence-corrected chi connectivity index (χ0v) is 18.1. The average Bonchev–Trinajstić information content (AvgIpc) is 2.65. The predicted molar refractivity (Wildman–Crippen MR) is 109 cm³/mol. The third kappa shape index (κ3) is 15.7. The van der Waals surface area contributed by atoms with Crippen molar-refractivity contribution in [3.8, 4) is 0 Å². The summed E-state index contributed by atoms with van der Waals surface area (Å²) in [5, 5.41) is 5.49. The van der Waals surface area contributed by atoms with E-state index < -0.39 is 7.60 Å². The summed E-state index contributed by atoms with van der Waals surface area (Å²) in [6.45, 7) is 3.20. The van der Waals surface area contributed by atoms with E-state index in [9.17, 15) is 9.36 Å². The fraction of sp³-hybridized carbons (Fsp3) is 0.947. The smallest absolute Gasteiger partial charge is 0.331 e. The normalized spacial score (nSPS) is 11.5. The Hall–Kier alpha value is -0.580. The van der Waals surface area contributed by atoms with Crippen LogP contribution in [-0.4, -0.2) is 39.5 Å². The molecule has 0 aliphatic heterocycles. The molecule has 2 N–H and O–H groups in total. The van der Waals surface area contributed by atoms with Crippen LogP contribution in [0.2, 0.25) is 0 Å². The van der Waals surface area contributed by atoms with Crippen molar-refractivity contribution in [3.05, 3.63) is 0 Å². The lowest BCUT2D eigenvalue weighted by molar-refractivity contribution is 0.240. The summed E-state index contributed by atoms with van der Waals surface area (Å²) in [4.78, 5) is 11.6. The van der Waals surface area contributed by atoms with E-state index in [1.54, 1.807) is 0 Å². The molecule has 0 aromatic heterocycles. The van der Waals surface area contributed by atoms with E-state index in [1.165, 1.54) is 78.4 Å². The molecule has 26 heavy (non-hydrogen) atoms. The van der Waals surface area contributed by atoms with E-state index in [2.05, 4.69) is 17.6 Å². The van der Waals surface area contributed by atoms with Crippen LogP contribution in [0.3, 0.4) is 0 Å². The molecule has 0 atom stereocenters. The van der Waals surface area contributed by atoms with Crippen LogP contribution in [0, 0.1) is 0 Å². The zero-order chi connectivity index (χ0) is 19.5. The molecule has 0 aliphatic rings. The second kappa shape index (κ2) is 17.8. The minimum atomic E-state index is -3.04. The minimum Gasteiger partial charge on any atom is -0.338 e. The zero-order valence-electron chi connectivity index (χ0n) is 17.2. The highest BCUT2D eigenvalue weighted by atomic mass is 31.2. The van der Waals surface area contributed by atoms with Crippen molar-refractivity contribution in [1.29, 1.82) is 0 Å². The molecule has 2 amide bonds. The van der Waals surface area contributed by atoms with Crippen LogP contribution < -0.4 is 10.6 Å². The first kappa shape index (κ1) is 25.4. The van der Waals surface area contributed by atoms with Crippen molar-refractivity contribution < 1.29 is 18.4 Å². The van der Waals surface area contributed by atoms with E-state index in [0.29, 0.717) is 6.54 Å². The number of rotatable bonds is 18. The van der Waals surface area contributed by atoms with Gasteiger partial charge < -0.3 is 19.7 Å². The number of unbranched alkanes of at least 4 members (excludes halogenated alkanes) is 11. The fourth-order valence-corrected chi connectivity index (χ4v) is 3.69. The van der Waals surface area contributed by atoms with Gasteiger partial charge in [0.1, 0.15) is 0 Å². The van der Waals surface area contributed by atoms with Gasteiger partial charge in [0.25, 0.3) is 0 Å². The van der Waals surface area contributed by atoms with Crippen LogP contribution in [0.4, 0.5) is 4.79 Å². The maximum atomic E-state index is 11.8. The van der Waals surface area contributed by atoms with Crippen molar-refractivity contribution in [2.75, 3.05) is 33.5 Å². The summed E-state index contributed by atoms with van der Waals surface area (Å²) >= 11 is 0. The molecule has 0 spiro atoms. The Labute approximate surface area is 160 Å². The average molecular weight is 393 g/mol. The van der Waals surface area contributed by atoms with Gasteiger partial charge in [-0.1, -0.05) is 77.6 Å². The summed E-state index contributed by atoms with van der Waals surface area (Å²) in [5.74, 6) is 0. The van der Waals surface area contributed by atoms with Crippen molar-refractivity contribution in [2.45, 2.75) is 84.0 Å². The van der Waals surface area contributed by atoms with E-state index in [0.717, 1.165) is 12.8 Å². The van der Waals surface area contributed by atoms with Gasteiger partial charge in [-0.3, -0.25) is 4.57 Å². The third-order valence-electron chi connectivity index (χ3n) is 4.54. The lowest BCUT2D eigenvalue weighted by atomic mass is 10.1. The van der Waals surface area contributed by atoms with Crippen molar-refractivity contribution >= 4 is 13.6 Å². The first-order valence-electron chi connectivity index (χ1n) is 10.3. The van der Waals surface area contributed by atoms with Crippen LogP contribution in [0.15, 0.2) is 0 Å². The van der Waals surface area contributed by atoms with Gasteiger partial charge in [-0.2, -0.15) is 0 Å². The maximum absolute atomic E-state index is 11.8. The summed E-state index contributed by atoms with van der Waals surface area (Å²) < 4.78 is 21.4. The minimum absolute atomic E-state index is 0.173. The first-order valence-corrected chi connectivity index (χ1v) is 12.0. The van der Waals surface area contributed by atoms with Crippen molar-refractivity contribution in [1.82, 2.24) is 10.6 Å². The van der Waals surface area contributed by atoms with E-state index in [1.807, 2.05) is 0 Å². The van der Waals surface area contributed by atoms with Gasteiger partial charge >= 0.3 is 13.6 Å². The van der Waals surface area contributed by atoms with Crippen molar-refractivity contribution in [3.63, 3.8) is 0 Å². The number of amides is 2. The van der Waals surface area contributed by atoms with Crippen LogP contribution in [0.5, 0.6) is 0 Å². The highest BCUT2D eigenvalue weighted by molar-refractivity contribution is 7.53. The molecule has 0 aromatic carbocycles. The molecule has 0 heterocycles. The van der Waals surface area contributed by atoms with Crippen molar-refractivity contribution in [2.24, 2.45) is 0 Å². The standard InChI is InChI=1S/C19H41N2O4P/c1-4-5-6-7-8-9-10-11-12-13-14-15-16-20-19(22)21-17-18-26(23,24-2)25-3/h4-18H2,1-3H3,(H2,20,21,22). The summed E-state index contributed by atoms with van der Waals surface area (Å²) in [6.07, 6.45) is 15.8. The highest BCUT2D eigenvalue weighted by Crippen LogP contribution is 2.45. The van der Waals surface area contributed by atoms with Gasteiger partial charge in [0.2, 0.25) is 0 Å². The summed E-state index contributed by atoms with van der Waals surface area (Å²) in [7, 11) is -0.350. The Kier molecular flexibility index (Phi) is 17.4. The molecular formula is C19H41N2O4P. The molecule has 0 radical (unpaired) electrons. The molecule has 0 saturated heterocycles. The Balaban J connectivity index is 3.32. The molecule has 0 unspecified atom stereocenters. The van der Waals surface area contributed by atoms with Crippen LogP contribution in [-0.2, 0) is 13.6 Å². The molecule has 6 nitrogen and oxygen atoms in total. The van der Waals surface area contributed by atoms with Gasteiger partial charge in [-0.15, -0.1) is 0 Å². The highest BCUT2D eigenvalue weighted by Gasteiger charge is 2.20. The van der Waals surface area contributed by atoms with Gasteiger partial charge in [-0.05, 0) is 6.42 Å². The third-order valence-corrected chi connectivity index (χ3v) is 6.43. The lowest BCUT2D eigenvalue weighted by Crippen LogP contribution is -2.37. The maximum Gasteiger partial charge on any atom is 0.331 e. The molecule has 156 valence electrons. The van der Waals surface area contributed by atoms with E-state index in [4.69, 9.17) is 9.05 Å². The Morgan fingerprint density at radius 2 is 1.15 bits per heavy atom. The Morgan fingerprint density at radius 3 is 1.62 bits per heavy atom. The molecule has 0 rings (SSSR count). The second-order valence-corrected chi connectivity index (χ2v) is 9.17. The van der Waals surface area contributed by atoms with Crippen LogP contribution in [0.25, 0.3) is 0 Å². The summed E-state index contributed by atoms with van der Waals surface area (Å²) in [5.41, 5.74) is 0. The number of urea groups is 1. The van der Waals surface area contributed by atoms with E-state index >= 15 is 0 Å². The molecule has 0 bridgehead atoms. The Bertz CT molecular complexity index is 373. The molecule has 0 saturated carbocycles. The summed E-state index contributed by atoms with van der Waals surface area (Å²) in [6, 6.07) is -0.230. The van der Waals surface area contributed by atoms with Crippen LogP contribution >= 0.6 is 7.60 Å². The lowest BCUT2D eigenvalue weighted by Gasteiger charge is -2.14. The Morgan fingerprint density at radius 1 is 0.731 bits per heavy atom. The quantitative estimate of drug-likeness (QED) is 0.239. The first-order chi connectivity index (χ1) is 12.6. The number of hydrogen-bond donors (Lipinski definition) is 2. The predicted octanol–water partition coefficient (Wildman–Crippen LogP) is 5.47. The van der Waals surface area contributed by atoms with Crippen LogP contribution in [0.1, 0.15) is 84.0 Å².